The monoisotopic (exact) mass is 423 g/mol. The van der Waals surface area contributed by atoms with Crippen molar-refractivity contribution in [2.45, 2.75) is 10.1 Å². The molecule has 3 heterocycles. The van der Waals surface area contributed by atoms with E-state index in [1.54, 1.807) is 30.5 Å². The molecule has 1 aliphatic heterocycles. The van der Waals surface area contributed by atoms with Crippen molar-refractivity contribution in [3.8, 4) is 0 Å². The summed E-state index contributed by atoms with van der Waals surface area (Å²) in [5.41, 5.74) is 0.575. The number of amidine groups is 1. The number of aromatic nitrogens is 1. The van der Waals surface area contributed by atoms with Crippen LogP contribution in [0.2, 0.25) is 0 Å². The molecule has 0 atom stereocenters. The van der Waals surface area contributed by atoms with Crippen molar-refractivity contribution in [1.29, 1.82) is 0 Å². The Morgan fingerprint density at radius 3 is 2.90 bits per heavy atom. The van der Waals surface area contributed by atoms with Gasteiger partial charge in [0.25, 0.3) is 5.91 Å². The van der Waals surface area contributed by atoms with Crippen molar-refractivity contribution in [3.63, 3.8) is 0 Å². The summed E-state index contributed by atoms with van der Waals surface area (Å²) in [7, 11) is 0. The summed E-state index contributed by atoms with van der Waals surface area (Å²) in [4.78, 5) is 32.3. The van der Waals surface area contributed by atoms with E-state index in [2.05, 4.69) is 15.3 Å². The Hall–Kier alpha value is -3.30. The molecule has 0 bridgehead atoms. The van der Waals surface area contributed by atoms with Crippen LogP contribution < -0.4 is 5.32 Å². The van der Waals surface area contributed by atoms with Gasteiger partial charge in [0.1, 0.15) is 10.8 Å². The molecule has 2 N–H and O–H groups in total. The molecule has 0 saturated carbocycles. The number of hydrogen-bond acceptors (Lipinski definition) is 7. The van der Waals surface area contributed by atoms with Crippen LogP contribution in [-0.2, 0) is 4.79 Å². The number of nitrogens with one attached hydrogen (secondary N) is 1. The maximum absolute atomic E-state index is 12.2. The summed E-state index contributed by atoms with van der Waals surface area (Å²) in [5, 5.41) is 13.6. The number of furan rings is 1. The standard InChI is InChI=1S/C20H13N3O4S2/c24-18-15(11-14-7-8-17(27-14)29-16-6-1-2-9-21-16)28-20(23-18)22-13-5-3-4-12(10-13)19(25)26/h1-11H,(H,25,26)(H,22,23,24)/b15-11-. The van der Waals surface area contributed by atoms with Crippen LogP contribution in [0.3, 0.4) is 0 Å². The van der Waals surface area contributed by atoms with E-state index in [4.69, 9.17) is 9.52 Å². The van der Waals surface area contributed by atoms with Crippen LogP contribution >= 0.6 is 23.5 Å². The lowest BCUT2D eigenvalue weighted by Crippen LogP contribution is -2.19. The van der Waals surface area contributed by atoms with Gasteiger partial charge in [-0.3, -0.25) is 4.79 Å². The topological polar surface area (TPSA) is 105 Å². The molecule has 0 radical (unpaired) electrons. The summed E-state index contributed by atoms with van der Waals surface area (Å²) < 4.78 is 5.74. The van der Waals surface area contributed by atoms with Crippen molar-refractivity contribution in [1.82, 2.24) is 10.3 Å². The quantitative estimate of drug-likeness (QED) is 0.586. The van der Waals surface area contributed by atoms with Crippen LogP contribution in [0.5, 0.6) is 0 Å². The third-order valence-corrected chi connectivity index (χ3v) is 5.47. The van der Waals surface area contributed by atoms with Crippen LogP contribution in [0.4, 0.5) is 5.69 Å². The summed E-state index contributed by atoms with van der Waals surface area (Å²) >= 11 is 2.55. The number of carbonyl (C=O) groups excluding carboxylic acids is 1. The third-order valence-electron chi connectivity index (χ3n) is 3.69. The first-order chi connectivity index (χ1) is 14.1. The minimum absolute atomic E-state index is 0.130. The average molecular weight is 423 g/mol. The third kappa shape index (κ3) is 4.76. The van der Waals surface area contributed by atoms with E-state index in [-0.39, 0.29) is 11.5 Å². The highest BCUT2D eigenvalue weighted by molar-refractivity contribution is 8.18. The van der Waals surface area contributed by atoms with Gasteiger partial charge in [0.2, 0.25) is 0 Å². The van der Waals surface area contributed by atoms with E-state index in [9.17, 15) is 9.59 Å². The average Bonchev–Trinajstić information content (AvgIpc) is 3.29. The highest BCUT2D eigenvalue weighted by atomic mass is 32.2. The Balaban J connectivity index is 1.49. The number of carbonyl (C=O) groups is 2. The number of amides is 1. The van der Waals surface area contributed by atoms with Crippen molar-refractivity contribution in [2.24, 2.45) is 4.99 Å². The number of benzene rings is 1. The number of aliphatic imine (C=N–C) groups is 1. The number of hydrogen-bond donors (Lipinski definition) is 2. The maximum atomic E-state index is 12.2. The zero-order chi connectivity index (χ0) is 20.2. The summed E-state index contributed by atoms with van der Waals surface area (Å²) in [6, 6.07) is 15.4. The van der Waals surface area contributed by atoms with E-state index in [1.807, 2.05) is 24.3 Å². The summed E-state index contributed by atoms with van der Waals surface area (Å²) in [6.45, 7) is 0. The van der Waals surface area contributed by atoms with E-state index < -0.39 is 5.97 Å². The van der Waals surface area contributed by atoms with Gasteiger partial charge in [0.15, 0.2) is 10.3 Å². The Labute approximate surface area is 173 Å². The van der Waals surface area contributed by atoms with Gasteiger partial charge in [-0.15, -0.1) is 0 Å². The molecule has 1 aromatic carbocycles. The predicted octanol–water partition coefficient (Wildman–Crippen LogP) is 4.42. The van der Waals surface area contributed by atoms with Crippen molar-refractivity contribution >= 4 is 52.3 Å². The number of thioether (sulfide) groups is 1. The summed E-state index contributed by atoms with van der Waals surface area (Å²) in [5.74, 6) is -0.790. The Morgan fingerprint density at radius 2 is 2.10 bits per heavy atom. The summed E-state index contributed by atoms with van der Waals surface area (Å²) in [6.07, 6.45) is 3.35. The zero-order valence-corrected chi connectivity index (χ0v) is 16.4. The van der Waals surface area contributed by atoms with Crippen LogP contribution in [0.25, 0.3) is 6.08 Å². The fraction of sp³-hybridized carbons (Fsp3) is 0. The van der Waals surface area contributed by atoms with Crippen molar-refractivity contribution in [3.05, 3.63) is 77.0 Å². The lowest BCUT2D eigenvalue weighted by Gasteiger charge is -1.98. The van der Waals surface area contributed by atoms with Crippen LogP contribution in [-0.4, -0.2) is 27.1 Å². The maximum Gasteiger partial charge on any atom is 0.335 e. The van der Waals surface area contributed by atoms with E-state index in [0.29, 0.717) is 26.6 Å². The second-order valence-corrected chi connectivity index (χ2v) is 7.82. The van der Waals surface area contributed by atoms with Gasteiger partial charge in [0.05, 0.1) is 16.2 Å². The number of carboxylic acids is 1. The molecule has 1 aliphatic rings. The molecule has 0 unspecified atom stereocenters. The molecule has 1 fully saturated rings. The molecule has 3 aromatic rings. The fourth-order valence-electron chi connectivity index (χ4n) is 2.41. The highest BCUT2D eigenvalue weighted by Gasteiger charge is 2.24. The molecule has 2 aromatic heterocycles. The molecular weight excluding hydrogens is 410 g/mol. The number of aromatic carboxylic acids is 1. The van der Waals surface area contributed by atoms with E-state index >= 15 is 0 Å². The Bertz CT molecular complexity index is 1140. The smallest absolute Gasteiger partial charge is 0.335 e. The first-order valence-corrected chi connectivity index (χ1v) is 10.0. The molecule has 1 saturated heterocycles. The Morgan fingerprint density at radius 1 is 1.21 bits per heavy atom. The van der Waals surface area contributed by atoms with Crippen LogP contribution in [0, 0.1) is 0 Å². The van der Waals surface area contributed by atoms with Gasteiger partial charge in [-0.05, 0) is 66.0 Å². The van der Waals surface area contributed by atoms with Crippen LogP contribution in [0.1, 0.15) is 16.1 Å². The number of rotatable bonds is 5. The predicted molar refractivity (Wildman–Crippen MR) is 111 cm³/mol. The molecule has 0 aliphatic carbocycles. The van der Waals surface area contributed by atoms with E-state index in [1.165, 1.54) is 23.9 Å². The van der Waals surface area contributed by atoms with Gasteiger partial charge >= 0.3 is 5.97 Å². The molecular formula is C20H13N3O4S2. The molecule has 7 nitrogen and oxygen atoms in total. The van der Waals surface area contributed by atoms with Gasteiger partial charge in [-0.1, -0.05) is 12.1 Å². The Kier molecular flexibility index (Phi) is 5.50. The number of nitrogens with zero attached hydrogens (tertiary/aromatic N) is 2. The highest BCUT2D eigenvalue weighted by Crippen LogP contribution is 2.31. The number of pyridine rings is 1. The molecule has 0 spiro atoms. The molecule has 9 heteroatoms. The van der Waals surface area contributed by atoms with Gasteiger partial charge in [0, 0.05) is 12.3 Å². The lowest BCUT2D eigenvalue weighted by molar-refractivity contribution is -0.115. The lowest BCUT2D eigenvalue weighted by atomic mass is 10.2. The minimum atomic E-state index is -1.03. The number of carboxylic acid groups (broad SMARTS) is 1. The second kappa shape index (κ2) is 8.38. The van der Waals surface area contributed by atoms with Crippen LogP contribution in [0.15, 0.2) is 85.2 Å². The minimum Gasteiger partial charge on any atom is -0.478 e. The molecule has 1 amide bonds. The second-order valence-electron chi connectivity index (χ2n) is 5.76. The molecule has 4 rings (SSSR count). The largest absolute Gasteiger partial charge is 0.478 e. The van der Waals surface area contributed by atoms with Crippen molar-refractivity contribution in [2.75, 3.05) is 0 Å². The normalized spacial score (nSPS) is 16.3. The molecule has 29 heavy (non-hydrogen) atoms. The first kappa shape index (κ1) is 19.0. The SMILES string of the molecule is O=C1NC(=Nc2cccc(C(=O)O)c2)S/C1=C\c1ccc(Sc2ccccn2)o1. The van der Waals surface area contributed by atoms with Gasteiger partial charge in [-0.25, -0.2) is 14.8 Å². The van der Waals surface area contributed by atoms with Gasteiger partial charge in [-0.2, -0.15) is 0 Å². The molecule has 144 valence electrons. The van der Waals surface area contributed by atoms with Gasteiger partial charge < -0.3 is 14.8 Å². The first-order valence-electron chi connectivity index (χ1n) is 8.38. The van der Waals surface area contributed by atoms with E-state index in [0.717, 1.165) is 16.8 Å². The zero-order valence-electron chi connectivity index (χ0n) is 14.7. The van der Waals surface area contributed by atoms with Crippen molar-refractivity contribution < 1.29 is 19.1 Å². The fourth-order valence-corrected chi connectivity index (χ4v) is 3.97.